The number of aromatic nitrogens is 1. The molecule has 1 unspecified atom stereocenters. The van der Waals surface area contributed by atoms with Gasteiger partial charge in [-0.15, -0.1) is 0 Å². The van der Waals surface area contributed by atoms with Crippen molar-refractivity contribution in [3.05, 3.63) is 17.8 Å². The van der Waals surface area contributed by atoms with Gasteiger partial charge in [-0.25, -0.2) is 9.78 Å². The zero-order chi connectivity index (χ0) is 13.3. The Morgan fingerprint density at radius 1 is 1.50 bits per heavy atom. The third kappa shape index (κ3) is 2.06. The molecule has 1 aromatic heterocycles. The largest absolute Gasteiger partial charge is 0.478 e. The molecule has 96 valence electrons. The highest BCUT2D eigenvalue weighted by Crippen LogP contribution is 2.28. The predicted molar refractivity (Wildman–Crippen MR) is 65.2 cm³/mol. The minimum atomic E-state index is -1.09. The van der Waals surface area contributed by atoms with Gasteiger partial charge in [-0.2, -0.15) is 0 Å². The van der Waals surface area contributed by atoms with Crippen molar-refractivity contribution in [1.29, 1.82) is 0 Å². The van der Waals surface area contributed by atoms with Crippen LogP contribution in [0.4, 0.5) is 11.5 Å². The Hall–Kier alpha value is -2.31. The van der Waals surface area contributed by atoms with Crippen molar-refractivity contribution >= 4 is 23.4 Å². The molecule has 2 rings (SSSR count). The van der Waals surface area contributed by atoms with E-state index in [1.54, 1.807) is 4.90 Å². The molecule has 0 aromatic carbocycles. The molecule has 0 spiro atoms. The second-order valence-electron chi connectivity index (χ2n) is 4.20. The normalized spacial score (nSPS) is 18.9. The van der Waals surface area contributed by atoms with Crippen molar-refractivity contribution in [2.45, 2.75) is 18.9 Å². The molecule has 5 N–H and O–H groups in total. The highest BCUT2D eigenvalue weighted by molar-refractivity contribution is 5.90. The van der Waals surface area contributed by atoms with E-state index in [0.717, 1.165) is 6.42 Å². The number of aromatic carboxylic acids is 1. The fraction of sp³-hybridized carbons (Fsp3) is 0.364. The number of amides is 1. The van der Waals surface area contributed by atoms with E-state index in [9.17, 15) is 9.59 Å². The number of nitrogens with two attached hydrogens (primary N) is 2. The number of primary amides is 1. The van der Waals surface area contributed by atoms with Crippen LogP contribution in [-0.2, 0) is 4.79 Å². The van der Waals surface area contributed by atoms with Crippen molar-refractivity contribution in [2.75, 3.05) is 17.2 Å². The summed E-state index contributed by atoms with van der Waals surface area (Å²) < 4.78 is 0. The smallest absolute Gasteiger partial charge is 0.337 e. The molecule has 7 heteroatoms. The number of carboxylic acid groups (broad SMARTS) is 1. The lowest BCUT2D eigenvalue weighted by molar-refractivity contribution is -0.119. The Labute approximate surface area is 103 Å². The van der Waals surface area contributed by atoms with Crippen molar-refractivity contribution in [2.24, 2.45) is 5.73 Å². The van der Waals surface area contributed by atoms with Gasteiger partial charge in [-0.3, -0.25) is 4.79 Å². The van der Waals surface area contributed by atoms with Crippen LogP contribution in [0.25, 0.3) is 0 Å². The average Bonchev–Trinajstić information content (AvgIpc) is 2.77. The fourth-order valence-corrected chi connectivity index (χ4v) is 2.15. The van der Waals surface area contributed by atoms with Gasteiger partial charge in [0.2, 0.25) is 5.91 Å². The number of hydrogen-bond acceptors (Lipinski definition) is 5. The average molecular weight is 250 g/mol. The third-order valence-corrected chi connectivity index (χ3v) is 3.00. The van der Waals surface area contributed by atoms with Crippen LogP contribution in [0.1, 0.15) is 23.2 Å². The molecule has 7 nitrogen and oxygen atoms in total. The van der Waals surface area contributed by atoms with E-state index in [0.29, 0.717) is 18.8 Å². The number of anilines is 2. The van der Waals surface area contributed by atoms with Crippen LogP contribution in [0.15, 0.2) is 12.3 Å². The molecule has 18 heavy (non-hydrogen) atoms. The van der Waals surface area contributed by atoms with E-state index in [4.69, 9.17) is 16.6 Å². The van der Waals surface area contributed by atoms with Gasteiger partial charge in [0.05, 0.1) is 11.3 Å². The molecule has 1 aliphatic rings. The van der Waals surface area contributed by atoms with Gasteiger partial charge in [0.1, 0.15) is 6.04 Å². The highest BCUT2D eigenvalue weighted by atomic mass is 16.4. The lowest BCUT2D eigenvalue weighted by atomic mass is 10.2. The summed E-state index contributed by atoms with van der Waals surface area (Å²) in [7, 11) is 0. The van der Waals surface area contributed by atoms with E-state index in [1.807, 2.05) is 0 Å². The molecule has 1 aliphatic heterocycles. The minimum Gasteiger partial charge on any atom is -0.478 e. The van der Waals surface area contributed by atoms with Crippen LogP contribution in [0.5, 0.6) is 0 Å². The summed E-state index contributed by atoms with van der Waals surface area (Å²) in [6.45, 7) is 0.636. The van der Waals surface area contributed by atoms with Gasteiger partial charge >= 0.3 is 5.97 Å². The van der Waals surface area contributed by atoms with Gasteiger partial charge in [0.15, 0.2) is 5.82 Å². The Kier molecular flexibility index (Phi) is 3.05. The topological polar surface area (TPSA) is 123 Å². The molecule has 0 saturated carbocycles. The van der Waals surface area contributed by atoms with Gasteiger partial charge in [-0.05, 0) is 18.9 Å². The SMILES string of the molecule is NC(=O)C1CCCN1c1ncc(C(=O)O)cc1N. The van der Waals surface area contributed by atoms with E-state index in [2.05, 4.69) is 4.98 Å². The molecule has 2 heterocycles. The summed E-state index contributed by atoms with van der Waals surface area (Å²) in [5.74, 6) is -1.09. The second-order valence-corrected chi connectivity index (χ2v) is 4.20. The van der Waals surface area contributed by atoms with Gasteiger partial charge < -0.3 is 21.5 Å². The maximum Gasteiger partial charge on any atom is 0.337 e. The van der Waals surface area contributed by atoms with E-state index >= 15 is 0 Å². The zero-order valence-corrected chi connectivity index (χ0v) is 9.67. The first-order valence-corrected chi connectivity index (χ1v) is 5.55. The summed E-state index contributed by atoms with van der Waals surface area (Å²) in [6.07, 6.45) is 2.72. The van der Waals surface area contributed by atoms with Crippen molar-refractivity contribution in [3.8, 4) is 0 Å². The molecular weight excluding hydrogens is 236 g/mol. The van der Waals surface area contributed by atoms with Gasteiger partial charge in [-0.1, -0.05) is 0 Å². The van der Waals surface area contributed by atoms with Crippen LogP contribution in [0, 0.1) is 0 Å². The summed E-state index contributed by atoms with van der Waals surface area (Å²) in [6, 6.07) is 0.914. The first-order chi connectivity index (χ1) is 8.50. The molecule has 0 bridgehead atoms. The van der Waals surface area contributed by atoms with Crippen LogP contribution in [-0.4, -0.2) is 34.6 Å². The number of rotatable bonds is 3. The van der Waals surface area contributed by atoms with E-state index in [-0.39, 0.29) is 11.3 Å². The number of carbonyl (C=O) groups is 2. The quantitative estimate of drug-likeness (QED) is 0.683. The van der Waals surface area contributed by atoms with Crippen molar-refractivity contribution < 1.29 is 14.7 Å². The number of carboxylic acids is 1. The van der Waals surface area contributed by atoms with Gasteiger partial charge in [0, 0.05) is 12.7 Å². The van der Waals surface area contributed by atoms with Crippen LogP contribution in [0.3, 0.4) is 0 Å². The minimum absolute atomic E-state index is 0.0195. The second kappa shape index (κ2) is 4.52. The molecule has 1 fully saturated rings. The monoisotopic (exact) mass is 250 g/mol. The van der Waals surface area contributed by atoms with Crippen molar-refractivity contribution in [1.82, 2.24) is 4.98 Å². The predicted octanol–water partition coefficient (Wildman–Crippen LogP) is -0.184. The number of hydrogen-bond donors (Lipinski definition) is 3. The lowest BCUT2D eigenvalue weighted by Gasteiger charge is -2.24. The van der Waals surface area contributed by atoms with Gasteiger partial charge in [0.25, 0.3) is 0 Å². The Bertz CT molecular complexity index is 503. The number of pyridine rings is 1. The Balaban J connectivity index is 2.33. The standard InChI is InChI=1S/C11H14N4O3/c12-7-4-6(11(17)18)5-14-10(7)15-3-1-2-8(15)9(13)16/h4-5,8H,1-3,12H2,(H2,13,16)(H,17,18). The first-order valence-electron chi connectivity index (χ1n) is 5.55. The highest BCUT2D eigenvalue weighted by Gasteiger charge is 2.31. The summed E-state index contributed by atoms with van der Waals surface area (Å²) >= 11 is 0. The molecule has 0 aliphatic carbocycles. The first kappa shape index (κ1) is 12.2. The Morgan fingerprint density at radius 3 is 2.78 bits per heavy atom. The molecule has 1 aromatic rings. The maximum absolute atomic E-state index is 11.3. The third-order valence-electron chi connectivity index (χ3n) is 3.00. The number of nitrogen functional groups attached to an aromatic ring is 1. The van der Waals surface area contributed by atoms with E-state index in [1.165, 1.54) is 12.3 Å². The molecule has 1 saturated heterocycles. The molecule has 0 radical (unpaired) electrons. The lowest BCUT2D eigenvalue weighted by Crippen LogP contribution is -2.41. The molecule has 1 atom stereocenters. The van der Waals surface area contributed by atoms with Crippen LogP contribution >= 0.6 is 0 Å². The van der Waals surface area contributed by atoms with E-state index < -0.39 is 17.9 Å². The Morgan fingerprint density at radius 2 is 2.22 bits per heavy atom. The fourth-order valence-electron chi connectivity index (χ4n) is 2.15. The summed E-state index contributed by atoms with van der Waals surface area (Å²) in [5, 5.41) is 8.82. The maximum atomic E-state index is 11.3. The number of nitrogens with zero attached hydrogens (tertiary/aromatic N) is 2. The summed E-state index contributed by atoms with van der Waals surface area (Å²) in [5.41, 5.74) is 11.4. The summed E-state index contributed by atoms with van der Waals surface area (Å²) in [4.78, 5) is 27.8. The van der Waals surface area contributed by atoms with Crippen LogP contribution < -0.4 is 16.4 Å². The molecular formula is C11H14N4O3. The number of carbonyl (C=O) groups excluding carboxylic acids is 1. The van der Waals surface area contributed by atoms with Crippen LogP contribution in [0.2, 0.25) is 0 Å². The zero-order valence-electron chi connectivity index (χ0n) is 9.67. The molecule has 1 amide bonds. The van der Waals surface area contributed by atoms with Crippen molar-refractivity contribution in [3.63, 3.8) is 0 Å².